The number of amides is 1. The lowest BCUT2D eigenvalue weighted by Crippen LogP contribution is -2.39. The molecule has 3 rings (SSSR count). The number of aryl methyl sites for hydroxylation is 1. The molecule has 2 aromatic rings. The second-order valence-corrected chi connectivity index (χ2v) is 7.13. The highest BCUT2D eigenvalue weighted by Crippen LogP contribution is 2.33. The van der Waals surface area contributed by atoms with Crippen LogP contribution < -0.4 is 15.2 Å². The van der Waals surface area contributed by atoms with E-state index in [2.05, 4.69) is 15.9 Å². The summed E-state index contributed by atoms with van der Waals surface area (Å²) in [5.74, 6) is 0.259. The predicted molar refractivity (Wildman–Crippen MR) is 102 cm³/mol. The Hall–Kier alpha value is -2.41. The van der Waals surface area contributed by atoms with E-state index in [0.29, 0.717) is 29.1 Å². The van der Waals surface area contributed by atoms with E-state index >= 15 is 0 Å². The van der Waals surface area contributed by atoms with Gasteiger partial charge in [-0.15, -0.1) is 0 Å². The van der Waals surface area contributed by atoms with E-state index in [-0.39, 0.29) is 30.4 Å². The summed E-state index contributed by atoms with van der Waals surface area (Å²) < 4.78 is 7.57. The molecule has 6 nitrogen and oxygen atoms in total. The van der Waals surface area contributed by atoms with Gasteiger partial charge in [-0.25, -0.2) is 0 Å². The second kappa shape index (κ2) is 7.45. The minimum Gasteiger partial charge on any atom is -0.482 e. The lowest BCUT2D eigenvalue weighted by Gasteiger charge is -2.29. The molecule has 0 aliphatic carbocycles. The highest BCUT2D eigenvalue weighted by Gasteiger charge is 2.26. The number of anilines is 1. The predicted octanol–water partition coefficient (Wildman–Crippen LogP) is 2.94. The molecule has 7 heteroatoms. The summed E-state index contributed by atoms with van der Waals surface area (Å²) in [5, 5.41) is 0. The van der Waals surface area contributed by atoms with Gasteiger partial charge in [0.05, 0.1) is 12.2 Å². The van der Waals surface area contributed by atoms with Crippen molar-refractivity contribution < 1.29 is 14.3 Å². The minimum atomic E-state index is -0.207. The van der Waals surface area contributed by atoms with Crippen LogP contribution in [0.5, 0.6) is 5.75 Å². The molecule has 1 aromatic heterocycles. The number of rotatable bonds is 5. The zero-order valence-electron chi connectivity index (χ0n) is 14.6. The van der Waals surface area contributed by atoms with Crippen LogP contribution in [-0.4, -0.2) is 29.4 Å². The van der Waals surface area contributed by atoms with Crippen molar-refractivity contribution >= 4 is 33.3 Å². The smallest absolute Gasteiger partial charge is 0.265 e. The maximum absolute atomic E-state index is 12.7. The molecule has 1 aliphatic heterocycles. The van der Waals surface area contributed by atoms with Gasteiger partial charge in [-0.1, -0.05) is 6.92 Å². The summed E-state index contributed by atoms with van der Waals surface area (Å²) in [6.07, 6.45) is 2.40. The van der Waals surface area contributed by atoms with Crippen LogP contribution in [0.15, 0.2) is 39.7 Å². The number of carbonyl (C=O) groups excluding carboxylic acids is 2. The Morgan fingerprint density at radius 1 is 1.27 bits per heavy atom. The van der Waals surface area contributed by atoms with Crippen LogP contribution in [0.4, 0.5) is 5.69 Å². The third-order valence-electron chi connectivity index (χ3n) is 4.22. The van der Waals surface area contributed by atoms with Crippen molar-refractivity contribution in [3.63, 3.8) is 0 Å². The number of hydrogen-bond acceptors (Lipinski definition) is 4. The average Bonchev–Trinajstić information content (AvgIpc) is 2.61. The number of ether oxygens (including phenoxy) is 1. The van der Waals surface area contributed by atoms with Crippen molar-refractivity contribution in [1.29, 1.82) is 0 Å². The third kappa shape index (κ3) is 3.58. The molecule has 26 heavy (non-hydrogen) atoms. The zero-order chi connectivity index (χ0) is 18.8. The summed E-state index contributed by atoms with van der Waals surface area (Å²) in [7, 11) is 0. The van der Waals surface area contributed by atoms with Gasteiger partial charge >= 0.3 is 0 Å². The maximum atomic E-state index is 12.7. The number of fused-ring (bicyclic) bond motifs is 1. The molecule has 0 N–H and O–H groups in total. The fourth-order valence-corrected chi connectivity index (χ4v) is 3.54. The number of nitrogens with zero attached hydrogens (tertiary/aromatic N) is 2. The highest BCUT2D eigenvalue weighted by molar-refractivity contribution is 9.10. The molecule has 136 valence electrons. The van der Waals surface area contributed by atoms with E-state index in [0.717, 1.165) is 10.9 Å². The number of pyridine rings is 1. The summed E-state index contributed by atoms with van der Waals surface area (Å²) in [6, 6.07) is 6.75. The van der Waals surface area contributed by atoms with Gasteiger partial charge in [0, 0.05) is 28.3 Å². The van der Waals surface area contributed by atoms with Gasteiger partial charge in [0.15, 0.2) is 12.4 Å². The molecule has 1 aliphatic rings. The Morgan fingerprint density at radius 2 is 2.04 bits per heavy atom. The van der Waals surface area contributed by atoms with Crippen molar-refractivity contribution in [2.24, 2.45) is 0 Å². The summed E-state index contributed by atoms with van der Waals surface area (Å²) in [6.45, 7) is 4.20. The number of Topliss-reactive ketones (excluding diaryl/α,β-unsaturated/α-hetero) is 1. The normalized spacial score (nSPS) is 13.3. The second-order valence-electron chi connectivity index (χ2n) is 6.21. The van der Waals surface area contributed by atoms with Crippen LogP contribution >= 0.6 is 15.9 Å². The molecule has 0 spiro atoms. The van der Waals surface area contributed by atoms with Gasteiger partial charge in [0.2, 0.25) is 0 Å². The molecule has 0 unspecified atom stereocenters. The number of carbonyl (C=O) groups is 2. The molecule has 0 saturated heterocycles. The fourth-order valence-electron chi connectivity index (χ4n) is 2.95. The van der Waals surface area contributed by atoms with E-state index < -0.39 is 0 Å². The largest absolute Gasteiger partial charge is 0.482 e. The van der Waals surface area contributed by atoms with Crippen LogP contribution in [0.2, 0.25) is 0 Å². The molecule has 0 fully saturated rings. The fraction of sp³-hybridized carbons (Fsp3) is 0.316. The van der Waals surface area contributed by atoms with Crippen LogP contribution in [0.1, 0.15) is 29.3 Å². The summed E-state index contributed by atoms with van der Waals surface area (Å²) in [4.78, 5) is 38.7. The number of ketones is 1. The first-order chi connectivity index (χ1) is 12.4. The zero-order valence-corrected chi connectivity index (χ0v) is 16.2. The summed E-state index contributed by atoms with van der Waals surface area (Å²) >= 11 is 3.34. The first kappa shape index (κ1) is 18.4. The minimum absolute atomic E-state index is 0.00695. The molecule has 2 heterocycles. The molecule has 0 atom stereocenters. The molecule has 1 aromatic carbocycles. The molecule has 1 amide bonds. The van der Waals surface area contributed by atoms with Crippen molar-refractivity contribution in [2.75, 3.05) is 18.1 Å². The molecular formula is C19H19BrN2O4. The molecule has 0 radical (unpaired) electrons. The Bertz CT molecular complexity index is 936. The Balaban J connectivity index is 1.92. The Morgan fingerprint density at radius 3 is 2.77 bits per heavy atom. The van der Waals surface area contributed by atoms with Crippen LogP contribution in [0.3, 0.4) is 0 Å². The monoisotopic (exact) mass is 418 g/mol. The third-order valence-corrected chi connectivity index (χ3v) is 4.65. The first-order valence-electron chi connectivity index (χ1n) is 8.37. The standard InChI is InChI=1S/C19H19BrN2O4/c1-3-6-22-15-8-13(4-5-17(15)26-11-18(22)24)16(23)10-21-9-14(20)7-12(2)19(21)25/h4-5,7-9H,3,6,10-11H2,1-2H3. The average molecular weight is 419 g/mol. The molecule has 0 saturated carbocycles. The lowest BCUT2D eigenvalue weighted by molar-refractivity contribution is -0.121. The SMILES string of the molecule is CCCN1C(=O)COc2ccc(C(=O)Cn3cc(Br)cc(C)c3=O)cc21. The maximum Gasteiger partial charge on any atom is 0.265 e. The van der Waals surface area contributed by atoms with E-state index in [9.17, 15) is 14.4 Å². The van der Waals surface area contributed by atoms with Gasteiger partial charge in [-0.3, -0.25) is 14.4 Å². The highest BCUT2D eigenvalue weighted by atomic mass is 79.9. The van der Waals surface area contributed by atoms with Crippen molar-refractivity contribution in [1.82, 2.24) is 4.57 Å². The van der Waals surface area contributed by atoms with Gasteiger partial charge in [0.1, 0.15) is 5.75 Å². The van der Waals surface area contributed by atoms with Crippen molar-refractivity contribution in [2.45, 2.75) is 26.8 Å². The van der Waals surface area contributed by atoms with Crippen molar-refractivity contribution in [3.8, 4) is 5.75 Å². The van der Waals surface area contributed by atoms with Gasteiger partial charge < -0.3 is 14.2 Å². The lowest BCUT2D eigenvalue weighted by atomic mass is 10.1. The van der Waals surface area contributed by atoms with Gasteiger partial charge in [-0.05, 0) is 53.5 Å². The van der Waals surface area contributed by atoms with E-state index in [4.69, 9.17) is 4.74 Å². The molecular weight excluding hydrogens is 400 g/mol. The topological polar surface area (TPSA) is 68.6 Å². The van der Waals surface area contributed by atoms with Gasteiger partial charge in [-0.2, -0.15) is 0 Å². The number of aromatic nitrogens is 1. The Kier molecular flexibility index (Phi) is 5.27. The number of hydrogen-bond donors (Lipinski definition) is 0. The Labute approximate surface area is 159 Å². The molecule has 0 bridgehead atoms. The van der Waals surface area contributed by atoms with E-state index in [1.807, 2.05) is 6.92 Å². The van der Waals surface area contributed by atoms with Crippen LogP contribution in [0, 0.1) is 6.92 Å². The number of halogens is 1. The quantitative estimate of drug-likeness (QED) is 0.699. The van der Waals surface area contributed by atoms with Crippen molar-refractivity contribution in [3.05, 3.63) is 56.4 Å². The van der Waals surface area contributed by atoms with Crippen LogP contribution in [0.25, 0.3) is 0 Å². The van der Waals surface area contributed by atoms with Crippen LogP contribution in [-0.2, 0) is 11.3 Å². The van der Waals surface area contributed by atoms with Gasteiger partial charge in [0.25, 0.3) is 11.5 Å². The van der Waals surface area contributed by atoms with E-state index in [1.54, 1.807) is 42.3 Å². The number of benzene rings is 1. The van der Waals surface area contributed by atoms with E-state index in [1.165, 1.54) is 4.57 Å². The first-order valence-corrected chi connectivity index (χ1v) is 9.17. The summed E-state index contributed by atoms with van der Waals surface area (Å²) in [5.41, 5.74) is 1.40.